The van der Waals surface area contributed by atoms with Gasteiger partial charge in [0.1, 0.15) is 5.75 Å². The molecule has 0 radical (unpaired) electrons. The Morgan fingerprint density at radius 2 is 1.67 bits per heavy atom. The molecule has 5 nitrogen and oxygen atoms in total. The van der Waals surface area contributed by atoms with E-state index in [2.05, 4.69) is 20.8 Å². The van der Waals surface area contributed by atoms with Gasteiger partial charge in [-0.15, -0.1) is 0 Å². The quantitative estimate of drug-likeness (QED) is 0.362. The van der Waals surface area contributed by atoms with Crippen LogP contribution in [0.25, 0.3) is 0 Å². The summed E-state index contributed by atoms with van der Waals surface area (Å²) in [6.45, 7) is 7.32. The molecule has 5 rings (SSSR count). The summed E-state index contributed by atoms with van der Waals surface area (Å²) in [5.74, 6) is 0.671. The smallest absolute Gasteiger partial charge is 0.257 e. The lowest BCUT2D eigenvalue weighted by molar-refractivity contribution is 0.0693. The van der Waals surface area contributed by atoms with Gasteiger partial charge in [0.15, 0.2) is 0 Å². The number of hydrogen-bond donors (Lipinski definition) is 0. The molecule has 3 fully saturated rings. The fraction of sp³-hybridized carbons (Fsp3) is 0.594. The number of likely N-dealkylation sites (tertiary alicyclic amines) is 3. The average Bonchev–Trinajstić information content (AvgIpc) is 3.21. The van der Waals surface area contributed by atoms with Crippen LogP contribution in [0.1, 0.15) is 73.7 Å². The molecule has 0 N–H and O–H groups in total. The third-order valence-corrected chi connectivity index (χ3v) is 10.1. The molecule has 0 bridgehead atoms. The van der Waals surface area contributed by atoms with Gasteiger partial charge in [0.25, 0.3) is 5.91 Å². The Morgan fingerprint density at radius 3 is 2.41 bits per heavy atom. The minimum Gasteiger partial charge on any atom is -0.496 e. The second-order valence-electron chi connectivity index (χ2n) is 11.7. The Hall–Kier alpha value is -1.79. The van der Waals surface area contributed by atoms with Crippen LogP contribution in [0, 0.1) is 0 Å². The van der Waals surface area contributed by atoms with Crippen LogP contribution in [0.3, 0.4) is 0 Å². The van der Waals surface area contributed by atoms with Crippen molar-refractivity contribution in [3.63, 3.8) is 0 Å². The molecule has 3 heterocycles. The minimum absolute atomic E-state index is 0.0427. The van der Waals surface area contributed by atoms with Crippen LogP contribution in [-0.2, 0) is 5.41 Å². The van der Waals surface area contributed by atoms with Gasteiger partial charge in [-0.1, -0.05) is 54.2 Å². The zero-order valence-electron chi connectivity index (χ0n) is 23.3. The van der Waals surface area contributed by atoms with E-state index in [1.807, 2.05) is 36.4 Å². The van der Waals surface area contributed by atoms with Crippen molar-refractivity contribution in [1.29, 1.82) is 0 Å². The highest BCUT2D eigenvalue weighted by atomic mass is 35.5. The molecule has 3 aliphatic rings. The van der Waals surface area contributed by atoms with Crippen molar-refractivity contribution in [2.45, 2.75) is 69.2 Å². The van der Waals surface area contributed by atoms with Gasteiger partial charge in [0.2, 0.25) is 0 Å². The molecule has 0 spiro atoms. The molecule has 0 aliphatic carbocycles. The Bertz CT molecular complexity index is 1110. The van der Waals surface area contributed by atoms with Crippen molar-refractivity contribution in [2.75, 3.05) is 52.9 Å². The van der Waals surface area contributed by atoms with Crippen LogP contribution in [0.5, 0.6) is 5.75 Å². The number of amides is 1. The van der Waals surface area contributed by atoms with Gasteiger partial charge < -0.3 is 19.4 Å². The van der Waals surface area contributed by atoms with Gasteiger partial charge in [-0.2, -0.15) is 0 Å². The summed E-state index contributed by atoms with van der Waals surface area (Å²) in [6, 6.07) is 14.4. The van der Waals surface area contributed by atoms with Gasteiger partial charge in [0.05, 0.1) is 22.7 Å². The van der Waals surface area contributed by atoms with Crippen molar-refractivity contribution < 1.29 is 9.53 Å². The summed E-state index contributed by atoms with van der Waals surface area (Å²) < 4.78 is 5.54. The largest absolute Gasteiger partial charge is 0.496 e. The topological polar surface area (TPSA) is 36.0 Å². The zero-order valence-corrected chi connectivity index (χ0v) is 24.9. The number of halogens is 2. The van der Waals surface area contributed by atoms with Crippen LogP contribution in [0.15, 0.2) is 42.5 Å². The molecule has 0 aromatic heterocycles. The summed E-state index contributed by atoms with van der Waals surface area (Å²) in [4.78, 5) is 21.3. The number of para-hydroxylation sites is 1. The lowest BCUT2D eigenvalue weighted by Gasteiger charge is -2.42. The van der Waals surface area contributed by atoms with Crippen LogP contribution in [-0.4, -0.2) is 79.6 Å². The number of methoxy groups -OCH3 is 1. The first kappa shape index (κ1) is 28.7. The summed E-state index contributed by atoms with van der Waals surface area (Å²) >= 11 is 12.9. The van der Waals surface area contributed by atoms with Crippen molar-refractivity contribution in [3.05, 3.63) is 63.6 Å². The molecule has 7 heteroatoms. The molecule has 3 aliphatic heterocycles. The first-order valence-electron chi connectivity index (χ1n) is 14.8. The standard InChI is InChI=1S/C32H43Cl2N3O2/c1-39-30-10-4-3-9-27(30)31(38)37-19-8-5-15-32(24-37,25-11-12-28(33)29(34)23-25)16-22-35-20-13-26(14-21-35)36-17-6-2-7-18-36/h3-4,9-12,23,26H,2,5-8,13-22,24H2,1H3/t32-/m1/s1. The fourth-order valence-corrected chi connectivity index (χ4v) is 7.33. The fourth-order valence-electron chi connectivity index (χ4n) is 7.03. The molecule has 3 saturated heterocycles. The second kappa shape index (κ2) is 13.2. The highest BCUT2D eigenvalue weighted by molar-refractivity contribution is 6.42. The van der Waals surface area contributed by atoms with E-state index >= 15 is 0 Å². The van der Waals surface area contributed by atoms with Crippen molar-refractivity contribution in [2.24, 2.45) is 0 Å². The molecule has 212 valence electrons. The molecule has 2 aromatic rings. The summed E-state index contributed by atoms with van der Waals surface area (Å²) in [7, 11) is 1.63. The summed E-state index contributed by atoms with van der Waals surface area (Å²) in [6.07, 6.45) is 10.7. The first-order valence-corrected chi connectivity index (χ1v) is 15.6. The SMILES string of the molecule is COc1ccccc1C(=O)N1CCCC[C@](CCN2CCC(N3CCCCC3)CC2)(c2ccc(Cl)c(Cl)c2)C1. The maximum absolute atomic E-state index is 13.8. The number of rotatable bonds is 7. The van der Waals surface area contributed by atoms with E-state index in [1.165, 1.54) is 50.8 Å². The predicted octanol–water partition coefficient (Wildman–Crippen LogP) is 6.91. The molecule has 39 heavy (non-hydrogen) atoms. The third-order valence-electron chi connectivity index (χ3n) is 9.35. The normalized spacial score (nSPS) is 23.9. The number of nitrogens with zero attached hydrogens (tertiary/aromatic N) is 3. The molecule has 1 amide bonds. The third kappa shape index (κ3) is 6.75. The van der Waals surface area contributed by atoms with Crippen LogP contribution in [0.2, 0.25) is 10.0 Å². The zero-order chi connectivity index (χ0) is 27.2. The lowest BCUT2D eigenvalue weighted by atomic mass is 9.73. The number of hydrogen-bond acceptors (Lipinski definition) is 4. The Labute approximate surface area is 244 Å². The number of ether oxygens (including phenoxy) is 1. The minimum atomic E-state index is -0.174. The number of carbonyl (C=O) groups excluding carboxylic acids is 1. The average molecular weight is 573 g/mol. The number of piperidine rings is 2. The Balaban J connectivity index is 1.34. The molecular formula is C32H43Cl2N3O2. The maximum atomic E-state index is 13.8. The molecule has 1 atom stereocenters. The van der Waals surface area contributed by atoms with Crippen LogP contribution >= 0.6 is 23.2 Å². The second-order valence-corrected chi connectivity index (χ2v) is 12.5. The summed E-state index contributed by atoms with van der Waals surface area (Å²) in [5, 5.41) is 1.16. The van der Waals surface area contributed by atoms with E-state index in [0.717, 1.165) is 57.9 Å². The Kier molecular flexibility index (Phi) is 9.76. The number of benzene rings is 2. The molecule has 0 saturated carbocycles. The summed E-state index contributed by atoms with van der Waals surface area (Å²) in [5.41, 5.74) is 1.65. The van der Waals surface area contributed by atoms with E-state index in [9.17, 15) is 4.79 Å². The van der Waals surface area contributed by atoms with E-state index < -0.39 is 0 Å². The van der Waals surface area contributed by atoms with Gasteiger partial charge >= 0.3 is 0 Å². The maximum Gasteiger partial charge on any atom is 0.257 e. The highest BCUT2D eigenvalue weighted by Crippen LogP contribution is 2.40. The van der Waals surface area contributed by atoms with Gasteiger partial charge in [-0.25, -0.2) is 0 Å². The monoisotopic (exact) mass is 571 g/mol. The number of carbonyl (C=O) groups is 1. The molecule has 0 unspecified atom stereocenters. The highest BCUT2D eigenvalue weighted by Gasteiger charge is 2.39. The van der Waals surface area contributed by atoms with E-state index in [4.69, 9.17) is 27.9 Å². The van der Waals surface area contributed by atoms with Crippen LogP contribution < -0.4 is 4.74 Å². The molecule has 2 aromatic carbocycles. The van der Waals surface area contributed by atoms with Crippen LogP contribution in [0.4, 0.5) is 0 Å². The predicted molar refractivity (Wildman–Crippen MR) is 160 cm³/mol. The molecular weight excluding hydrogens is 529 g/mol. The van der Waals surface area contributed by atoms with Gasteiger partial charge in [-0.3, -0.25) is 4.79 Å². The van der Waals surface area contributed by atoms with Crippen molar-refractivity contribution in [1.82, 2.24) is 14.7 Å². The lowest BCUT2D eigenvalue weighted by Crippen LogP contribution is -2.48. The van der Waals surface area contributed by atoms with Crippen molar-refractivity contribution in [3.8, 4) is 5.75 Å². The Morgan fingerprint density at radius 1 is 0.923 bits per heavy atom. The van der Waals surface area contributed by atoms with Gasteiger partial charge in [-0.05, 0) is 107 Å². The van der Waals surface area contributed by atoms with E-state index in [0.29, 0.717) is 27.9 Å². The van der Waals surface area contributed by atoms with E-state index in [1.54, 1.807) is 7.11 Å². The van der Waals surface area contributed by atoms with Crippen molar-refractivity contribution >= 4 is 29.1 Å². The van der Waals surface area contributed by atoms with Gasteiger partial charge in [0, 0.05) is 24.5 Å². The van der Waals surface area contributed by atoms with E-state index in [-0.39, 0.29) is 11.3 Å². The first-order chi connectivity index (χ1) is 19.0.